The summed E-state index contributed by atoms with van der Waals surface area (Å²) in [6.45, 7) is 2.55. The molecule has 0 N–H and O–H groups in total. The number of amides is 1. The van der Waals surface area contributed by atoms with E-state index in [2.05, 4.69) is 52.0 Å². The summed E-state index contributed by atoms with van der Waals surface area (Å²) in [6, 6.07) is 18.6. The first kappa shape index (κ1) is 18.1. The fourth-order valence-corrected chi connectivity index (χ4v) is 5.14. The highest BCUT2D eigenvalue weighted by Gasteiger charge is 2.38. The number of allylic oxidation sites excluding steroid dienone is 1. The van der Waals surface area contributed by atoms with E-state index in [1.54, 1.807) is 16.7 Å². The van der Waals surface area contributed by atoms with E-state index in [1.165, 1.54) is 5.56 Å². The normalized spacial score (nSPS) is 19.7. The van der Waals surface area contributed by atoms with Crippen LogP contribution in [0.2, 0.25) is 0 Å². The number of nitrogens with zero attached hydrogens (tertiary/aromatic N) is 3. The van der Waals surface area contributed by atoms with Gasteiger partial charge in [-0.15, -0.1) is 0 Å². The number of hydrogen-bond donors (Lipinski definition) is 0. The molecule has 4 rings (SSSR count). The maximum Gasteiger partial charge on any atom is 0.229 e. The summed E-state index contributed by atoms with van der Waals surface area (Å²) >= 11 is 5.06. The van der Waals surface area contributed by atoms with Crippen LogP contribution in [-0.2, 0) is 4.79 Å². The Balaban J connectivity index is 1.68. The smallest absolute Gasteiger partial charge is 0.229 e. The maximum atomic E-state index is 12.9. The number of rotatable bonds is 2. The van der Waals surface area contributed by atoms with Crippen LogP contribution in [-0.4, -0.2) is 23.4 Å². The lowest BCUT2D eigenvalue weighted by Gasteiger charge is -2.42. The molecule has 1 unspecified atom stereocenters. The van der Waals surface area contributed by atoms with E-state index in [-0.39, 0.29) is 11.8 Å². The van der Waals surface area contributed by atoms with E-state index in [1.807, 2.05) is 30.3 Å². The van der Waals surface area contributed by atoms with Crippen LogP contribution in [0.4, 0.5) is 5.69 Å². The van der Waals surface area contributed by atoms with E-state index in [0.717, 1.165) is 26.6 Å². The number of fused-ring (bicyclic) bond motifs is 1. The van der Waals surface area contributed by atoms with Crippen LogP contribution in [0.1, 0.15) is 23.5 Å². The number of anilines is 1. The first-order valence-electron chi connectivity index (χ1n) is 8.71. The van der Waals surface area contributed by atoms with Crippen molar-refractivity contribution in [2.45, 2.75) is 19.3 Å². The Labute approximate surface area is 171 Å². The van der Waals surface area contributed by atoms with Gasteiger partial charge in [-0.1, -0.05) is 52.0 Å². The predicted octanol–water partition coefficient (Wildman–Crippen LogP) is 4.98. The second kappa shape index (κ2) is 7.41. The Morgan fingerprint density at radius 3 is 2.78 bits per heavy atom. The summed E-state index contributed by atoms with van der Waals surface area (Å²) in [5.74, 6) is 0.613. The third-order valence-corrected chi connectivity index (χ3v) is 6.56. The van der Waals surface area contributed by atoms with E-state index in [4.69, 9.17) is 0 Å². The van der Waals surface area contributed by atoms with Gasteiger partial charge in [0.25, 0.3) is 0 Å². The van der Waals surface area contributed by atoms with Gasteiger partial charge < -0.3 is 4.90 Å². The molecule has 0 saturated carbocycles. The molecule has 0 radical (unpaired) electrons. The summed E-state index contributed by atoms with van der Waals surface area (Å²) in [5, 5.41) is 10.7. The van der Waals surface area contributed by atoms with E-state index in [9.17, 15) is 10.1 Å². The summed E-state index contributed by atoms with van der Waals surface area (Å²) in [7, 11) is 0. The number of benzene rings is 2. The van der Waals surface area contributed by atoms with Gasteiger partial charge in [0.05, 0.1) is 29.2 Å². The van der Waals surface area contributed by atoms with Crippen molar-refractivity contribution in [1.29, 1.82) is 5.26 Å². The predicted molar refractivity (Wildman–Crippen MR) is 112 cm³/mol. The third kappa shape index (κ3) is 3.50. The Morgan fingerprint density at radius 2 is 2.04 bits per heavy atom. The zero-order valence-electron chi connectivity index (χ0n) is 14.9. The summed E-state index contributed by atoms with van der Waals surface area (Å²) in [5.41, 5.74) is 3.99. The van der Waals surface area contributed by atoms with Gasteiger partial charge in [-0.2, -0.15) is 5.26 Å². The van der Waals surface area contributed by atoms with Crippen LogP contribution in [0.3, 0.4) is 0 Å². The van der Waals surface area contributed by atoms with E-state index in [0.29, 0.717) is 18.7 Å². The molecular formula is C21H18BrN3OS. The SMILES string of the molecule is Cc1cccc(N2CSC3=C(C#N)C(c4cccc(Br)c4)CC(=O)N3C2)c1. The molecule has 1 amide bonds. The zero-order chi connectivity index (χ0) is 19.0. The van der Waals surface area contributed by atoms with Crippen LogP contribution in [0.5, 0.6) is 0 Å². The van der Waals surface area contributed by atoms with Crippen LogP contribution in [0.25, 0.3) is 0 Å². The van der Waals surface area contributed by atoms with Gasteiger partial charge in [-0.3, -0.25) is 9.69 Å². The Kier molecular flexibility index (Phi) is 4.98. The zero-order valence-corrected chi connectivity index (χ0v) is 17.3. The van der Waals surface area contributed by atoms with Crippen molar-refractivity contribution in [1.82, 2.24) is 4.90 Å². The highest BCUT2D eigenvalue weighted by Crippen LogP contribution is 2.43. The highest BCUT2D eigenvalue weighted by molar-refractivity contribution is 9.10. The molecule has 1 atom stereocenters. The van der Waals surface area contributed by atoms with Gasteiger partial charge in [-0.25, -0.2) is 0 Å². The highest BCUT2D eigenvalue weighted by atomic mass is 79.9. The Morgan fingerprint density at radius 1 is 1.22 bits per heavy atom. The summed E-state index contributed by atoms with van der Waals surface area (Å²) < 4.78 is 0.957. The number of nitriles is 1. The molecular weight excluding hydrogens is 422 g/mol. The monoisotopic (exact) mass is 439 g/mol. The molecule has 0 spiro atoms. The molecule has 2 heterocycles. The van der Waals surface area contributed by atoms with Gasteiger partial charge in [0.1, 0.15) is 0 Å². The topological polar surface area (TPSA) is 47.3 Å². The van der Waals surface area contributed by atoms with Gasteiger partial charge in [-0.05, 0) is 42.3 Å². The van der Waals surface area contributed by atoms with Crippen molar-refractivity contribution < 1.29 is 4.79 Å². The van der Waals surface area contributed by atoms with Crippen LogP contribution in [0.15, 0.2) is 63.6 Å². The molecule has 2 aliphatic heterocycles. The van der Waals surface area contributed by atoms with Gasteiger partial charge in [0.15, 0.2) is 0 Å². The molecule has 0 bridgehead atoms. The second-order valence-corrected chi connectivity index (χ2v) is 8.61. The molecule has 2 aliphatic rings. The molecule has 27 heavy (non-hydrogen) atoms. The molecule has 6 heteroatoms. The average molecular weight is 440 g/mol. The van der Waals surface area contributed by atoms with Crippen molar-refractivity contribution in [3.63, 3.8) is 0 Å². The number of thioether (sulfide) groups is 1. The Bertz CT molecular complexity index is 981. The summed E-state index contributed by atoms with van der Waals surface area (Å²) in [4.78, 5) is 16.9. The van der Waals surface area contributed by atoms with Crippen LogP contribution < -0.4 is 4.90 Å². The third-order valence-electron chi connectivity index (χ3n) is 4.91. The van der Waals surface area contributed by atoms with Crippen molar-refractivity contribution in [2.24, 2.45) is 0 Å². The fourth-order valence-electron chi connectivity index (χ4n) is 3.56. The average Bonchev–Trinajstić information content (AvgIpc) is 2.67. The molecule has 2 aromatic carbocycles. The van der Waals surface area contributed by atoms with Gasteiger partial charge in [0.2, 0.25) is 5.91 Å². The lowest BCUT2D eigenvalue weighted by atomic mass is 9.86. The van der Waals surface area contributed by atoms with Crippen molar-refractivity contribution in [3.05, 3.63) is 74.7 Å². The molecule has 0 aromatic heterocycles. The number of aryl methyl sites for hydroxylation is 1. The van der Waals surface area contributed by atoms with Crippen LogP contribution >= 0.6 is 27.7 Å². The fraction of sp³-hybridized carbons (Fsp3) is 0.238. The number of carbonyl (C=O) groups excluding carboxylic acids is 1. The minimum absolute atomic E-state index is 0.0684. The summed E-state index contributed by atoms with van der Waals surface area (Å²) in [6.07, 6.45) is 0.324. The Hall–Kier alpha value is -2.23. The molecule has 1 fully saturated rings. The maximum absolute atomic E-state index is 12.9. The minimum atomic E-state index is -0.177. The van der Waals surface area contributed by atoms with E-state index >= 15 is 0 Å². The molecule has 1 saturated heterocycles. The standard InChI is InChI=1S/C21H18BrN3OS/c1-14-4-2-7-17(8-14)24-12-25-20(26)10-18(15-5-3-6-16(22)9-15)19(11-23)21(25)27-13-24/h2-9,18H,10,12-13H2,1H3. The minimum Gasteiger partial charge on any atom is -0.344 e. The number of carbonyl (C=O) groups is 1. The van der Waals surface area contributed by atoms with Gasteiger partial charge >= 0.3 is 0 Å². The quantitative estimate of drug-likeness (QED) is 0.661. The van der Waals surface area contributed by atoms with E-state index < -0.39 is 0 Å². The van der Waals surface area contributed by atoms with Crippen molar-refractivity contribution in [3.8, 4) is 6.07 Å². The molecule has 2 aromatic rings. The van der Waals surface area contributed by atoms with Crippen LogP contribution in [0, 0.1) is 18.3 Å². The lowest BCUT2D eigenvalue weighted by Crippen LogP contribution is -2.47. The molecule has 136 valence electrons. The largest absolute Gasteiger partial charge is 0.344 e. The second-order valence-electron chi connectivity index (χ2n) is 6.76. The van der Waals surface area contributed by atoms with Crippen molar-refractivity contribution >= 4 is 39.3 Å². The molecule has 4 nitrogen and oxygen atoms in total. The van der Waals surface area contributed by atoms with Crippen molar-refractivity contribution in [2.75, 3.05) is 17.4 Å². The lowest BCUT2D eigenvalue weighted by molar-refractivity contribution is -0.129. The molecule has 0 aliphatic carbocycles. The number of halogens is 1. The first-order valence-corrected chi connectivity index (χ1v) is 10.5. The first-order chi connectivity index (χ1) is 13.1. The van der Waals surface area contributed by atoms with Gasteiger partial charge in [0, 0.05) is 22.5 Å². The number of hydrogen-bond acceptors (Lipinski definition) is 4.